The number of benzene rings is 1. The molecule has 0 bridgehead atoms. The van der Waals surface area contributed by atoms with Crippen LogP contribution < -0.4 is 26.1 Å². The van der Waals surface area contributed by atoms with Gasteiger partial charge in [0, 0.05) is 6.54 Å². The van der Waals surface area contributed by atoms with E-state index in [9.17, 15) is 0 Å². The molecule has 5 nitrogen and oxygen atoms in total. The molecule has 1 heterocycles. The third-order valence-corrected chi connectivity index (χ3v) is 2.25. The smallest absolute Gasteiger partial charge is 0.231 e. The molecule has 0 radical (unpaired) electrons. The Labute approximate surface area is 88.5 Å². The molecule has 0 aliphatic carbocycles. The minimum Gasteiger partial charge on any atom is -0.454 e. The number of ether oxygens (including phenoxy) is 2. The van der Waals surface area contributed by atoms with E-state index in [-0.39, 0.29) is 0 Å². The zero-order valence-electron chi connectivity index (χ0n) is 8.45. The quantitative estimate of drug-likeness (QED) is 0.275. The van der Waals surface area contributed by atoms with Gasteiger partial charge in [-0.2, -0.15) is 0 Å². The minimum absolute atomic E-state index is 0.328. The highest BCUT2D eigenvalue weighted by atomic mass is 16.7. The number of fused-ring (bicyclic) bond motifs is 1. The first-order chi connectivity index (χ1) is 7.40. The minimum atomic E-state index is 0.328. The van der Waals surface area contributed by atoms with Crippen LogP contribution in [0.1, 0.15) is 5.56 Å². The third-order valence-electron chi connectivity index (χ3n) is 2.25. The van der Waals surface area contributed by atoms with Gasteiger partial charge in [-0.15, -0.1) is 0 Å². The van der Waals surface area contributed by atoms with Crippen molar-refractivity contribution in [2.24, 2.45) is 5.84 Å². The molecule has 1 aromatic rings. The van der Waals surface area contributed by atoms with Crippen LogP contribution in [0.5, 0.6) is 11.5 Å². The maximum absolute atomic E-state index is 5.29. The fourth-order valence-electron chi connectivity index (χ4n) is 1.49. The third kappa shape index (κ3) is 2.59. The molecule has 0 fully saturated rings. The van der Waals surface area contributed by atoms with E-state index in [1.54, 1.807) is 0 Å². The van der Waals surface area contributed by atoms with E-state index in [1.165, 1.54) is 5.56 Å². The summed E-state index contributed by atoms with van der Waals surface area (Å²) in [5, 5.41) is 3.14. The number of rotatable bonds is 5. The normalized spacial score (nSPS) is 13.1. The number of nitrogens with two attached hydrogens (primary N) is 1. The Morgan fingerprint density at radius 1 is 1.27 bits per heavy atom. The van der Waals surface area contributed by atoms with E-state index in [4.69, 9.17) is 15.3 Å². The highest BCUT2D eigenvalue weighted by Gasteiger charge is 2.12. The van der Waals surface area contributed by atoms with E-state index in [1.807, 2.05) is 18.2 Å². The molecule has 1 aliphatic rings. The van der Waals surface area contributed by atoms with Crippen molar-refractivity contribution in [1.29, 1.82) is 0 Å². The summed E-state index contributed by atoms with van der Waals surface area (Å²) in [5.41, 5.74) is 3.77. The number of hydrogen-bond acceptors (Lipinski definition) is 5. The van der Waals surface area contributed by atoms with Crippen LogP contribution >= 0.6 is 0 Å². The highest BCUT2D eigenvalue weighted by Crippen LogP contribution is 2.32. The van der Waals surface area contributed by atoms with Gasteiger partial charge in [0.05, 0.1) is 6.67 Å². The summed E-state index contributed by atoms with van der Waals surface area (Å²) in [6.45, 7) is 1.82. The maximum Gasteiger partial charge on any atom is 0.231 e. The molecular formula is C10H15N3O2. The summed E-state index contributed by atoms with van der Waals surface area (Å²) in [4.78, 5) is 0. The Balaban J connectivity index is 1.87. The Kier molecular flexibility index (Phi) is 3.39. The number of hydrogen-bond donors (Lipinski definition) is 3. The first-order valence-corrected chi connectivity index (χ1v) is 4.93. The van der Waals surface area contributed by atoms with Gasteiger partial charge in [0.15, 0.2) is 11.5 Å². The van der Waals surface area contributed by atoms with Crippen LogP contribution in [0.4, 0.5) is 0 Å². The zero-order chi connectivity index (χ0) is 10.5. The second-order valence-corrected chi connectivity index (χ2v) is 3.32. The van der Waals surface area contributed by atoms with Crippen LogP contribution in [0.2, 0.25) is 0 Å². The molecule has 1 aliphatic heterocycles. The van der Waals surface area contributed by atoms with Gasteiger partial charge in [-0.3, -0.25) is 5.84 Å². The molecule has 0 saturated carbocycles. The molecule has 0 atom stereocenters. The van der Waals surface area contributed by atoms with Crippen molar-refractivity contribution < 1.29 is 9.47 Å². The molecule has 0 spiro atoms. The first kappa shape index (κ1) is 10.2. The average molecular weight is 209 g/mol. The summed E-state index contributed by atoms with van der Waals surface area (Å²) in [7, 11) is 0. The van der Waals surface area contributed by atoms with Crippen LogP contribution in [0.25, 0.3) is 0 Å². The first-order valence-electron chi connectivity index (χ1n) is 4.93. The molecule has 1 aromatic carbocycles. The van der Waals surface area contributed by atoms with E-state index < -0.39 is 0 Å². The molecule has 15 heavy (non-hydrogen) atoms. The predicted molar refractivity (Wildman–Crippen MR) is 56.5 cm³/mol. The monoisotopic (exact) mass is 209 g/mol. The van der Waals surface area contributed by atoms with Crippen molar-refractivity contribution in [3.63, 3.8) is 0 Å². The van der Waals surface area contributed by atoms with Crippen LogP contribution in [0, 0.1) is 0 Å². The second kappa shape index (κ2) is 4.97. The molecular weight excluding hydrogens is 194 g/mol. The molecule has 0 amide bonds. The van der Waals surface area contributed by atoms with Gasteiger partial charge in [0.2, 0.25) is 6.79 Å². The van der Waals surface area contributed by atoms with Crippen molar-refractivity contribution in [2.75, 3.05) is 20.0 Å². The van der Waals surface area contributed by atoms with Gasteiger partial charge in [-0.25, -0.2) is 5.43 Å². The SMILES string of the molecule is NNCNCCc1ccc2c(c1)OCO2. The van der Waals surface area contributed by atoms with Gasteiger partial charge in [-0.1, -0.05) is 6.07 Å². The summed E-state index contributed by atoms with van der Waals surface area (Å²) < 4.78 is 10.5. The summed E-state index contributed by atoms with van der Waals surface area (Å²) >= 11 is 0. The van der Waals surface area contributed by atoms with Gasteiger partial charge in [0.1, 0.15) is 0 Å². The molecule has 5 heteroatoms. The Bertz CT molecular complexity index is 330. The molecule has 2 rings (SSSR count). The lowest BCUT2D eigenvalue weighted by Gasteiger charge is -2.04. The van der Waals surface area contributed by atoms with Gasteiger partial charge >= 0.3 is 0 Å². The zero-order valence-corrected chi connectivity index (χ0v) is 8.45. The van der Waals surface area contributed by atoms with E-state index in [0.717, 1.165) is 24.5 Å². The van der Waals surface area contributed by atoms with Crippen molar-refractivity contribution >= 4 is 0 Å². The lowest BCUT2D eigenvalue weighted by atomic mass is 10.1. The fraction of sp³-hybridized carbons (Fsp3) is 0.400. The fourth-order valence-corrected chi connectivity index (χ4v) is 1.49. The van der Waals surface area contributed by atoms with Crippen LogP contribution in [0.3, 0.4) is 0 Å². The van der Waals surface area contributed by atoms with Crippen LogP contribution in [-0.4, -0.2) is 20.0 Å². The van der Waals surface area contributed by atoms with E-state index in [0.29, 0.717) is 13.5 Å². The number of hydrazine groups is 1. The van der Waals surface area contributed by atoms with Crippen LogP contribution in [-0.2, 0) is 6.42 Å². The Morgan fingerprint density at radius 3 is 3.00 bits per heavy atom. The highest BCUT2D eigenvalue weighted by molar-refractivity contribution is 5.44. The topological polar surface area (TPSA) is 68.5 Å². The lowest BCUT2D eigenvalue weighted by molar-refractivity contribution is 0.174. The van der Waals surface area contributed by atoms with Crippen molar-refractivity contribution in [1.82, 2.24) is 10.7 Å². The standard InChI is InChI=1S/C10H15N3O2/c11-13-6-12-4-3-8-1-2-9-10(5-8)15-7-14-9/h1-2,5,12-13H,3-4,6-7,11H2. The Morgan fingerprint density at radius 2 is 2.13 bits per heavy atom. The summed E-state index contributed by atoms with van der Waals surface area (Å²) in [6.07, 6.45) is 0.943. The van der Waals surface area contributed by atoms with Crippen molar-refractivity contribution in [2.45, 2.75) is 6.42 Å². The molecule has 0 aromatic heterocycles. The van der Waals surface area contributed by atoms with Crippen molar-refractivity contribution in [3.05, 3.63) is 23.8 Å². The Hall–Kier alpha value is -1.30. The average Bonchev–Trinajstić information content (AvgIpc) is 2.71. The largest absolute Gasteiger partial charge is 0.454 e. The molecule has 0 saturated heterocycles. The molecule has 4 N–H and O–H groups in total. The predicted octanol–water partition coefficient (Wildman–Crippen LogP) is -0.0318. The second-order valence-electron chi connectivity index (χ2n) is 3.32. The van der Waals surface area contributed by atoms with Gasteiger partial charge in [-0.05, 0) is 24.1 Å². The van der Waals surface area contributed by atoms with Crippen molar-refractivity contribution in [3.8, 4) is 11.5 Å². The van der Waals surface area contributed by atoms with Gasteiger partial charge in [0.25, 0.3) is 0 Å². The maximum atomic E-state index is 5.29. The number of nitrogens with one attached hydrogen (secondary N) is 2. The lowest BCUT2D eigenvalue weighted by Crippen LogP contribution is -2.34. The summed E-state index contributed by atoms with van der Waals surface area (Å²) in [5.74, 6) is 6.80. The summed E-state index contributed by atoms with van der Waals surface area (Å²) in [6, 6.07) is 6.00. The van der Waals surface area contributed by atoms with Crippen LogP contribution in [0.15, 0.2) is 18.2 Å². The molecule has 82 valence electrons. The van der Waals surface area contributed by atoms with Gasteiger partial charge < -0.3 is 14.8 Å². The van der Waals surface area contributed by atoms with E-state index in [2.05, 4.69) is 10.7 Å². The molecule has 0 unspecified atom stereocenters. The van der Waals surface area contributed by atoms with E-state index >= 15 is 0 Å².